The molecule has 1 saturated carbocycles. The Morgan fingerprint density at radius 3 is 1.80 bits per heavy atom. The van der Waals surface area contributed by atoms with Crippen molar-refractivity contribution in [1.29, 1.82) is 0 Å². The van der Waals surface area contributed by atoms with Crippen LogP contribution in [0.5, 0.6) is 0 Å². The van der Waals surface area contributed by atoms with Crippen LogP contribution >= 0.6 is 22.6 Å². The van der Waals surface area contributed by atoms with Crippen LogP contribution in [0.3, 0.4) is 0 Å². The fourth-order valence-electron chi connectivity index (χ4n) is 0.0945. The molecule has 0 heterocycles. The molecule has 0 atom stereocenters. The van der Waals surface area contributed by atoms with Crippen LogP contribution in [0.4, 0.5) is 4.39 Å². The molecule has 0 amide bonds. The molecule has 0 radical (unpaired) electrons. The van der Waals surface area contributed by atoms with Gasteiger partial charge in [-0.25, -0.2) is 4.39 Å². The van der Waals surface area contributed by atoms with Crippen molar-refractivity contribution in [3.8, 4) is 0 Å². The molecule has 0 aliphatic heterocycles. The molecule has 0 spiro atoms. The van der Waals surface area contributed by atoms with Crippen LogP contribution < -0.4 is 0 Å². The summed E-state index contributed by atoms with van der Waals surface area (Å²) in [6.45, 7) is 0. The molecule has 0 unspecified atom stereocenters. The molecular formula is C3H4FI. The molecule has 1 fully saturated rings. The Bertz CT molecular complexity index is 44.9. The number of hydrogen-bond donors (Lipinski definition) is 0. The third-order valence-corrected chi connectivity index (χ3v) is 1.71. The van der Waals surface area contributed by atoms with Crippen LogP contribution in [-0.2, 0) is 0 Å². The lowest BCUT2D eigenvalue weighted by molar-refractivity contribution is 0.460. The molecule has 0 nitrogen and oxygen atoms in total. The summed E-state index contributed by atoms with van der Waals surface area (Å²) < 4.78 is 11.0. The van der Waals surface area contributed by atoms with Crippen molar-refractivity contribution < 1.29 is 4.39 Å². The zero-order valence-corrected chi connectivity index (χ0v) is 4.83. The molecule has 5 heavy (non-hydrogen) atoms. The highest BCUT2D eigenvalue weighted by molar-refractivity contribution is 14.1. The van der Waals surface area contributed by atoms with E-state index in [-0.39, 0.29) is 0 Å². The molecule has 0 aromatic carbocycles. The minimum Gasteiger partial charge on any atom is -0.232 e. The molecule has 0 aromatic heterocycles. The van der Waals surface area contributed by atoms with E-state index in [0.29, 0.717) is 0 Å². The van der Waals surface area contributed by atoms with Crippen LogP contribution in [-0.4, -0.2) is 3.68 Å². The molecule has 0 aromatic rings. The van der Waals surface area contributed by atoms with Gasteiger partial charge in [0.1, 0.15) is 0 Å². The van der Waals surface area contributed by atoms with E-state index in [4.69, 9.17) is 0 Å². The maximum atomic E-state index is 11.8. The van der Waals surface area contributed by atoms with E-state index in [2.05, 4.69) is 0 Å². The molecule has 0 saturated heterocycles. The van der Waals surface area contributed by atoms with E-state index < -0.39 is 3.68 Å². The third kappa shape index (κ3) is 1.03. The number of hydrogen-bond acceptors (Lipinski definition) is 0. The van der Waals surface area contributed by atoms with Crippen molar-refractivity contribution in [1.82, 2.24) is 0 Å². The lowest BCUT2D eigenvalue weighted by Crippen LogP contribution is -1.74. The molecule has 30 valence electrons. The Kier molecular flexibility index (Phi) is 0.639. The van der Waals surface area contributed by atoms with Gasteiger partial charge in [-0.05, 0) is 35.4 Å². The van der Waals surface area contributed by atoms with Gasteiger partial charge in [0.05, 0.1) is 0 Å². The summed E-state index contributed by atoms with van der Waals surface area (Å²) >= 11 is 1.82. The van der Waals surface area contributed by atoms with Crippen molar-refractivity contribution in [2.24, 2.45) is 0 Å². The Balaban J connectivity index is 2.38. The first kappa shape index (κ1) is 3.84. The van der Waals surface area contributed by atoms with E-state index in [0.717, 1.165) is 12.8 Å². The zero-order chi connectivity index (χ0) is 3.91. The summed E-state index contributed by atoms with van der Waals surface area (Å²) in [5.74, 6) is 0. The average molecular weight is 186 g/mol. The maximum Gasteiger partial charge on any atom is 0.161 e. The van der Waals surface area contributed by atoms with Gasteiger partial charge in [0.15, 0.2) is 3.68 Å². The van der Waals surface area contributed by atoms with Crippen LogP contribution in [0.25, 0.3) is 0 Å². The maximum absolute atomic E-state index is 11.8. The van der Waals surface area contributed by atoms with Gasteiger partial charge in [-0.1, -0.05) is 0 Å². The monoisotopic (exact) mass is 186 g/mol. The predicted molar refractivity (Wildman–Crippen MR) is 27.1 cm³/mol. The summed E-state index contributed by atoms with van der Waals surface area (Å²) in [5, 5.41) is 0. The van der Waals surface area contributed by atoms with Gasteiger partial charge >= 0.3 is 0 Å². The highest BCUT2D eigenvalue weighted by Crippen LogP contribution is 2.45. The molecular weight excluding hydrogens is 182 g/mol. The van der Waals surface area contributed by atoms with E-state index in [9.17, 15) is 4.39 Å². The van der Waals surface area contributed by atoms with Crippen molar-refractivity contribution in [3.05, 3.63) is 0 Å². The van der Waals surface area contributed by atoms with Crippen LogP contribution in [0, 0.1) is 0 Å². The first-order valence-electron chi connectivity index (χ1n) is 1.59. The first-order valence-corrected chi connectivity index (χ1v) is 2.66. The smallest absolute Gasteiger partial charge is 0.161 e. The largest absolute Gasteiger partial charge is 0.232 e. The van der Waals surface area contributed by atoms with E-state index in [1.807, 2.05) is 22.6 Å². The second-order valence-corrected chi connectivity index (χ2v) is 3.29. The normalized spacial score (nSPS) is 30.0. The van der Waals surface area contributed by atoms with Gasteiger partial charge in [0, 0.05) is 0 Å². The fourth-order valence-corrected chi connectivity index (χ4v) is 0.364. The van der Waals surface area contributed by atoms with Gasteiger partial charge in [0.25, 0.3) is 0 Å². The highest BCUT2D eigenvalue weighted by Gasteiger charge is 2.39. The lowest BCUT2D eigenvalue weighted by Gasteiger charge is -1.78. The molecule has 1 aliphatic carbocycles. The van der Waals surface area contributed by atoms with Crippen LogP contribution in [0.1, 0.15) is 12.8 Å². The Morgan fingerprint density at radius 1 is 1.60 bits per heavy atom. The topological polar surface area (TPSA) is 0 Å². The first-order chi connectivity index (χ1) is 2.21. The van der Waals surface area contributed by atoms with Gasteiger partial charge in [-0.15, -0.1) is 0 Å². The minimum atomic E-state index is -0.780. The van der Waals surface area contributed by atoms with E-state index in [1.54, 1.807) is 0 Å². The molecule has 0 bridgehead atoms. The van der Waals surface area contributed by atoms with Crippen molar-refractivity contribution in [2.75, 3.05) is 0 Å². The lowest BCUT2D eigenvalue weighted by atomic mass is 10.9. The fraction of sp³-hybridized carbons (Fsp3) is 1.00. The van der Waals surface area contributed by atoms with E-state index >= 15 is 0 Å². The predicted octanol–water partition coefficient (Wildman–Crippen LogP) is 1.88. The average Bonchev–Trinajstić information content (AvgIpc) is 1.76. The quantitative estimate of drug-likeness (QED) is 0.400. The van der Waals surface area contributed by atoms with E-state index in [1.165, 1.54) is 0 Å². The molecule has 0 N–H and O–H groups in total. The van der Waals surface area contributed by atoms with Crippen LogP contribution in [0.2, 0.25) is 0 Å². The standard InChI is InChI=1S/C3H4FI/c4-3(5)1-2-3/h1-2H2. The van der Waals surface area contributed by atoms with Crippen molar-refractivity contribution >= 4 is 22.6 Å². The Morgan fingerprint density at radius 2 is 1.80 bits per heavy atom. The Labute approximate surface area is 43.9 Å². The highest BCUT2D eigenvalue weighted by atomic mass is 127. The second-order valence-electron chi connectivity index (χ2n) is 1.36. The Hall–Kier alpha value is 0.660. The SMILES string of the molecule is FC1(I)CC1. The zero-order valence-electron chi connectivity index (χ0n) is 2.67. The van der Waals surface area contributed by atoms with Gasteiger partial charge < -0.3 is 0 Å². The minimum absolute atomic E-state index is 0.771. The number of rotatable bonds is 0. The molecule has 1 rings (SSSR count). The third-order valence-electron chi connectivity index (χ3n) is 0.628. The second kappa shape index (κ2) is 0.832. The van der Waals surface area contributed by atoms with Crippen molar-refractivity contribution in [2.45, 2.75) is 16.5 Å². The summed E-state index contributed by atoms with van der Waals surface area (Å²) in [7, 11) is 0. The molecule has 2 heteroatoms. The summed E-state index contributed by atoms with van der Waals surface area (Å²) in [6, 6.07) is 0. The number of halogens is 2. The van der Waals surface area contributed by atoms with Gasteiger partial charge in [-0.3, -0.25) is 0 Å². The van der Waals surface area contributed by atoms with Gasteiger partial charge in [0.2, 0.25) is 0 Å². The number of alkyl halides is 2. The van der Waals surface area contributed by atoms with Crippen molar-refractivity contribution in [3.63, 3.8) is 0 Å². The summed E-state index contributed by atoms with van der Waals surface area (Å²) in [4.78, 5) is 0. The van der Waals surface area contributed by atoms with Gasteiger partial charge in [-0.2, -0.15) is 0 Å². The summed E-state index contributed by atoms with van der Waals surface area (Å²) in [6.07, 6.45) is 1.54. The van der Waals surface area contributed by atoms with Crippen LogP contribution in [0.15, 0.2) is 0 Å². The summed E-state index contributed by atoms with van der Waals surface area (Å²) in [5.41, 5.74) is 0. The molecule has 1 aliphatic rings.